The molecule has 1 saturated carbocycles. The molecule has 1 aliphatic carbocycles. The van der Waals surface area contributed by atoms with E-state index in [1.165, 1.54) is 36.7 Å². The predicted octanol–water partition coefficient (Wildman–Crippen LogP) is 3.54. The quantitative estimate of drug-likeness (QED) is 0.829. The molecule has 21 heavy (non-hydrogen) atoms. The van der Waals surface area contributed by atoms with E-state index < -0.39 is 5.97 Å². The van der Waals surface area contributed by atoms with Crippen molar-refractivity contribution in [1.82, 2.24) is 9.55 Å². The molecule has 0 aliphatic heterocycles. The minimum absolute atomic E-state index is 0.0368. The van der Waals surface area contributed by atoms with Crippen molar-refractivity contribution >= 4 is 28.8 Å². The summed E-state index contributed by atoms with van der Waals surface area (Å²) in [6.45, 7) is 3.00. The van der Waals surface area contributed by atoms with Crippen molar-refractivity contribution in [3.8, 4) is 0 Å². The lowest BCUT2D eigenvalue weighted by Crippen LogP contribution is -2.12. The minimum Gasteiger partial charge on any atom is -0.481 e. The molecule has 6 heteroatoms. The first-order valence-corrected chi connectivity index (χ1v) is 8.02. The number of carboxylic acids is 1. The number of fused-ring (bicyclic) bond motifs is 1. The molecule has 2 aromatic rings. The van der Waals surface area contributed by atoms with Gasteiger partial charge in [-0.15, -0.1) is 0 Å². The maximum Gasteiger partial charge on any atom is 0.313 e. The monoisotopic (exact) mass is 308 g/mol. The van der Waals surface area contributed by atoms with Gasteiger partial charge in [-0.3, -0.25) is 4.79 Å². The Kier molecular flexibility index (Phi) is 3.65. The van der Waals surface area contributed by atoms with Crippen LogP contribution in [-0.4, -0.2) is 26.4 Å². The molecule has 1 aliphatic rings. The van der Waals surface area contributed by atoms with E-state index in [0.29, 0.717) is 16.1 Å². The van der Waals surface area contributed by atoms with E-state index in [9.17, 15) is 9.18 Å². The summed E-state index contributed by atoms with van der Waals surface area (Å²) in [4.78, 5) is 15.2. The maximum atomic E-state index is 13.4. The van der Waals surface area contributed by atoms with Crippen LogP contribution < -0.4 is 0 Å². The molecule has 1 aromatic carbocycles. The summed E-state index contributed by atoms with van der Waals surface area (Å²) in [6.07, 6.45) is 3.47. The van der Waals surface area contributed by atoms with Crippen molar-refractivity contribution < 1.29 is 14.3 Å². The molecule has 1 N–H and O–H groups in total. The lowest BCUT2D eigenvalue weighted by Gasteiger charge is -2.16. The molecule has 1 aromatic heterocycles. The van der Waals surface area contributed by atoms with Gasteiger partial charge < -0.3 is 9.67 Å². The van der Waals surface area contributed by atoms with Crippen molar-refractivity contribution in [1.29, 1.82) is 0 Å². The SMILES string of the molecule is CCC1(Cn2c(SCC(=O)O)nc3cc(F)ccc32)CC1. The Hall–Kier alpha value is -1.56. The molecule has 0 radical (unpaired) electrons. The molecule has 3 rings (SSSR count). The summed E-state index contributed by atoms with van der Waals surface area (Å²) in [5.41, 5.74) is 1.78. The van der Waals surface area contributed by atoms with Gasteiger partial charge in [-0.2, -0.15) is 0 Å². The van der Waals surface area contributed by atoms with Crippen molar-refractivity contribution in [3.63, 3.8) is 0 Å². The Morgan fingerprint density at radius 2 is 2.29 bits per heavy atom. The van der Waals surface area contributed by atoms with Crippen LogP contribution in [0.25, 0.3) is 11.0 Å². The predicted molar refractivity (Wildman–Crippen MR) is 80.0 cm³/mol. The number of rotatable bonds is 6. The minimum atomic E-state index is -0.874. The van der Waals surface area contributed by atoms with Gasteiger partial charge in [-0.05, 0) is 36.8 Å². The van der Waals surface area contributed by atoms with E-state index in [-0.39, 0.29) is 11.6 Å². The van der Waals surface area contributed by atoms with Crippen molar-refractivity contribution in [2.24, 2.45) is 5.41 Å². The van der Waals surface area contributed by atoms with Crippen molar-refractivity contribution in [2.45, 2.75) is 37.9 Å². The third-order valence-electron chi connectivity index (χ3n) is 4.20. The number of hydrogen-bond acceptors (Lipinski definition) is 3. The highest BCUT2D eigenvalue weighted by Crippen LogP contribution is 2.50. The van der Waals surface area contributed by atoms with Crippen LogP contribution in [0.3, 0.4) is 0 Å². The molecular weight excluding hydrogens is 291 g/mol. The third-order valence-corrected chi connectivity index (χ3v) is 5.16. The van der Waals surface area contributed by atoms with Crippen LogP contribution >= 0.6 is 11.8 Å². The number of aliphatic carboxylic acids is 1. The zero-order chi connectivity index (χ0) is 15.0. The van der Waals surface area contributed by atoms with E-state index in [4.69, 9.17) is 5.11 Å². The number of carboxylic acid groups (broad SMARTS) is 1. The Morgan fingerprint density at radius 1 is 1.52 bits per heavy atom. The Morgan fingerprint density at radius 3 is 2.90 bits per heavy atom. The molecule has 112 valence electrons. The fourth-order valence-electron chi connectivity index (χ4n) is 2.61. The van der Waals surface area contributed by atoms with Crippen molar-refractivity contribution in [2.75, 3.05) is 5.75 Å². The average molecular weight is 308 g/mol. The Labute approximate surface area is 126 Å². The van der Waals surface area contributed by atoms with Gasteiger partial charge in [0, 0.05) is 12.6 Å². The lowest BCUT2D eigenvalue weighted by atomic mass is 10.0. The number of carbonyl (C=O) groups is 1. The fraction of sp³-hybridized carbons (Fsp3) is 0.467. The highest BCUT2D eigenvalue weighted by Gasteiger charge is 2.41. The standard InChI is InChI=1S/C15H17FN2O2S/c1-2-15(5-6-15)9-18-12-4-3-10(16)7-11(12)17-14(18)21-8-13(19)20/h3-4,7H,2,5-6,8-9H2,1H3,(H,19,20). The summed E-state index contributed by atoms with van der Waals surface area (Å²) >= 11 is 1.20. The number of hydrogen-bond donors (Lipinski definition) is 1. The second kappa shape index (κ2) is 5.33. The largest absolute Gasteiger partial charge is 0.481 e. The number of imidazole rings is 1. The van der Waals surface area contributed by atoms with Gasteiger partial charge in [0.05, 0.1) is 16.8 Å². The molecule has 0 saturated heterocycles. The molecule has 0 spiro atoms. The molecule has 4 nitrogen and oxygen atoms in total. The van der Waals surface area contributed by atoms with E-state index in [0.717, 1.165) is 18.5 Å². The van der Waals surface area contributed by atoms with Gasteiger partial charge in [0.2, 0.25) is 0 Å². The normalized spacial score (nSPS) is 16.3. The molecule has 0 bridgehead atoms. The van der Waals surface area contributed by atoms with E-state index in [1.54, 1.807) is 6.07 Å². The van der Waals surface area contributed by atoms with E-state index in [2.05, 4.69) is 16.5 Å². The maximum absolute atomic E-state index is 13.4. The summed E-state index contributed by atoms with van der Waals surface area (Å²) < 4.78 is 15.4. The van der Waals surface area contributed by atoms with E-state index >= 15 is 0 Å². The molecule has 0 atom stereocenters. The Balaban J connectivity index is 2.00. The zero-order valence-electron chi connectivity index (χ0n) is 11.8. The zero-order valence-corrected chi connectivity index (χ0v) is 12.6. The summed E-state index contributed by atoms with van der Waals surface area (Å²) in [5, 5.41) is 9.52. The molecule has 1 heterocycles. The van der Waals surface area contributed by atoms with Crippen LogP contribution in [0.1, 0.15) is 26.2 Å². The average Bonchev–Trinajstić information content (AvgIpc) is 3.14. The third kappa shape index (κ3) is 2.90. The number of nitrogens with zero attached hydrogens (tertiary/aromatic N) is 2. The highest BCUT2D eigenvalue weighted by molar-refractivity contribution is 7.99. The van der Waals surface area contributed by atoms with Crippen molar-refractivity contribution in [3.05, 3.63) is 24.0 Å². The second-order valence-electron chi connectivity index (χ2n) is 5.65. The van der Waals surface area contributed by atoms with Crippen LogP contribution in [0.2, 0.25) is 0 Å². The van der Waals surface area contributed by atoms with Crippen LogP contribution in [0.15, 0.2) is 23.4 Å². The van der Waals surface area contributed by atoms with Gasteiger partial charge in [0.1, 0.15) is 5.82 Å². The van der Waals surface area contributed by atoms with E-state index in [1.807, 2.05) is 0 Å². The fourth-order valence-corrected chi connectivity index (χ4v) is 3.34. The lowest BCUT2D eigenvalue weighted by molar-refractivity contribution is -0.133. The highest BCUT2D eigenvalue weighted by atomic mass is 32.2. The summed E-state index contributed by atoms with van der Waals surface area (Å²) in [7, 11) is 0. The molecule has 0 unspecified atom stereocenters. The van der Waals surface area contributed by atoms with Crippen LogP contribution in [0.5, 0.6) is 0 Å². The topological polar surface area (TPSA) is 55.1 Å². The smallest absolute Gasteiger partial charge is 0.313 e. The number of aromatic nitrogens is 2. The first-order valence-electron chi connectivity index (χ1n) is 7.03. The molecular formula is C15H17FN2O2S. The van der Waals surface area contributed by atoms with Gasteiger partial charge in [0.25, 0.3) is 0 Å². The molecule has 1 fully saturated rings. The number of halogens is 1. The first kappa shape index (κ1) is 14.4. The number of benzene rings is 1. The van der Waals surface area contributed by atoms with Gasteiger partial charge in [-0.25, -0.2) is 9.37 Å². The van der Waals surface area contributed by atoms with Gasteiger partial charge >= 0.3 is 5.97 Å². The first-order chi connectivity index (χ1) is 10.0. The summed E-state index contributed by atoms with van der Waals surface area (Å²) in [5.74, 6) is -1.23. The second-order valence-corrected chi connectivity index (χ2v) is 6.59. The van der Waals surface area contributed by atoms with Crippen LogP contribution in [0, 0.1) is 11.2 Å². The van der Waals surface area contributed by atoms with Crippen LogP contribution in [-0.2, 0) is 11.3 Å². The van der Waals surface area contributed by atoms with Crippen LogP contribution in [0.4, 0.5) is 4.39 Å². The Bertz CT molecular complexity index is 694. The van der Waals surface area contributed by atoms with Gasteiger partial charge in [0.15, 0.2) is 5.16 Å². The number of thioether (sulfide) groups is 1. The van der Waals surface area contributed by atoms with Gasteiger partial charge in [-0.1, -0.05) is 18.7 Å². The molecule has 0 amide bonds. The summed E-state index contributed by atoms with van der Waals surface area (Å²) in [6, 6.07) is 4.56.